The number of likely N-dealkylation sites (N-methyl/N-ethyl adjacent to an activating group) is 1. The minimum absolute atomic E-state index is 0.323. The zero-order chi connectivity index (χ0) is 11.1. The highest BCUT2D eigenvalue weighted by atomic mass is 16.5. The van der Waals surface area contributed by atoms with Crippen molar-refractivity contribution in [3.05, 3.63) is 42.5 Å². The number of esters is 1. The Morgan fingerprint density at radius 1 is 1.40 bits per heavy atom. The lowest BCUT2D eigenvalue weighted by Gasteiger charge is -2.16. The monoisotopic (exact) mass is 205 g/mol. The topological polar surface area (TPSA) is 29.5 Å². The van der Waals surface area contributed by atoms with Gasteiger partial charge in [0, 0.05) is 25.4 Å². The van der Waals surface area contributed by atoms with Gasteiger partial charge in [0.2, 0.25) is 0 Å². The van der Waals surface area contributed by atoms with Crippen LogP contribution in [-0.2, 0) is 9.53 Å². The first-order valence-corrected chi connectivity index (χ1v) is 4.74. The fourth-order valence-electron chi connectivity index (χ4n) is 1.16. The summed E-state index contributed by atoms with van der Waals surface area (Å²) in [4.78, 5) is 12.8. The molecule has 1 aromatic rings. The van der Waals surface area contributed by atoms with E-state index >= 15 is 0 Å². The van der Waals surface area contributed by atoms with Crippen LogP contribution in [0.5, 0.6) is 0 Å². The van der Waals surface area contributed by atoms with Crippen LogP contribution in [0.25, 0.3) is 0 Å². The molecule has 3 nitrogen and oxygen atoms in total. The maximum absolute atomic E-state index is 10.8. The van der Waals surface area contributed by atoms with E-state index in [4.69, 9.17) is 0 Å². The molecule has 80 valence electrons. The lowest BCUT2D eigenvalue weighted by Crippen LogP contribution is -2.16. The molecule has 1 aromatic carbocycles. The predicted octanol–water partition coefficient (Wildman–Crippen LogP) is 1.85. The van der Waals surface area contributed by atoms with Gasteiger partial charge in [-0.25, -0.2) is 4.79 Å². The maximum Gasteiger partial charge on any atom is 0.330 e. The van der Waals surface area contributed by atoms with Crippen molar-refractivity contribution in [3.8, 4) is 0 Å². The number of anilines is 1. The first kappa shape index (κ1) is 11.3. The van der Waals surface area contributed by atoms with Gasteiger partial charge in [-0.3, -0.25) is 0 Å². The molecule has 0 spiro atoms. The largest absolute Gasteiger partial charge is 0.466 e. The second-order valence-corrected chi connectivity index (χ2v) is 3.14. The van der Waals surface area contributed by atoms with E-state index in [-0.39, 0.29) is 5.97 Å². The van der Waals surface area contributed by atoms with Crippen molar-refractivity contribution in [1.82, 2.24) is 0 Å². The number of rotatable bonds is 4. The third kappa shape index (κ3) is 3.85. The second-order valence-electron chi connectivity index (χ2n) is 3.14. The highest BCUT2D eigenvalue weighted by Gasteiger charge is 1.96. The average Bonchev–Trinajstić information content (AvgIpc) is 2.29. The van der Waals surface area contributed by atoms with Crippen LogP contribution < -0.4 is 4.90 Å². The Bertz CT molecular complexity index is 333. The molecule has 0 aliphatic heterocycles. The van der Waals surface area contributed by atoms with Crippen LogP contribution in [0.1, 0.15) is 0 Å². The maximum atomic E-state index is 10.8. The molecule has 0 fully saturated rings. The molecule has 0 saturated heterocycles. The molecule has 15 heavy (non-hydrogen) atoms. The normalized spacial score (nSPS) is 10.3. The van der Waals surface area contributed by atoms with Gasteiger partial charge in [-0.1, -0.05) is 24.3 Å². The van der Waals surface area contributed by atoms with Crippen molar-refractivity contribution in [2.24, 2.45) is 0 Å². The number of ether oxygens (including phenoxy) is 1. The molecule has 0 aliphatic carbocycles. The standard InChI is InChI=1S/C12H15NO2/c1-13(10-6-9-12(14)15-2)11-7-4-3-5-8-11/h3-9H,10H2,1-2H3. The smallest absolute Gasteiger partial charge is 0.330 e. The molecule has 0 amide bonds. The molecule has 0 saturated carbocycles. The molecule has 0 unspecified atom stereocenters. The first-order valence-electron chi connectivity index (χ1n) is 4.74. The quantitative estimate of drug-likeness (QED) is 0.555. The van der Waals surface area contributed by atoms with E-state index < -0.39 is 0 Å². The van der Waals surface area contributed by atoms with Crippen molar-refractivity contribution in [1.29, 1.82) is 0 Å². The molecule has 0 radical (unpaired) electrons. The third-order valence-electron chi connectivity index (χ3n) is 2.03. The van der Waals surface area contributed by atoms with E-state index in [9.17, 15) is 4.79 Å². The van der Waals surface area contributed by atoms with Gasteiger partial charge in [-0.2, -0.15) is 0 Å². The van der Waals surface area contributed by atoms with Crippen molar-refractivity contribution in [3.63, 3.8) is 0 Å². The van der Waals surface area contributed by atoms with Gasteiger partial charge in [0.25, 0.3) is 0 Å². The molecule has 0 aliphatic rings. The van der Waals surface area contributed by atoms with Crippen LogP contribution >= 0.6 is 0 Å². The van der Waals surface area contributed by atoms with Crippen molar-refractivity contribution >= 4 is 11.7 Å². The van der Waals surface area contributed by atoms with E-state index in [2.05, 4.69) is 4.74 Å². The molecule has 0 bridgehead atoms. The van der Waals surface area contributed by atoms with Crippen LogP contribution in [0.15, 0.2) is 42.5 Å². The van der Waals surface area contributed by atoms with E-state index in [1.807, 2.05) is 42.3 Å². The lowest BCUT2D eigenvalue weighted by atomic mass is 10.3. The number of hydrogen-bond donors (Lipinski definition) is 0. The van der Waals surface area contributed by atoms with Gasteiger partial charge in [0.15, 0.2) is 0 Å². The number of para-hydroxylation sites is 1. The Morgan fingerprint density at radius 3 is 2.67 bits per heavy atom. The molecule has 0 N–H and O–H groups in total. The molecule has 0 aromatic heterocycles. The average molecular weight is 205 g/mol. The van der Waals surface area contributed by atoms with Crippen LogP contribution in [-0.4, -0.2) is 26.7 Å². The number of methoxy groups -OCH3 is 1. The summed E-state index contributed by atoms with van der Waals surface area (Å²) in [5, 5.41) is 0. The van der Waals surface area contributed by atoms with E-state index in [1.54, 1.807) is 6.08 Å². The first-order chi connectivity index (χ1) is 7.24. The number of carbonyl (C=O) groups is 1. The molecule has 3 heteroatoms. The Labute approximate surface area is 90.0 Å². The molecule has 0 atom stereocenters. The summed E-state index contributed by atoms with van der Waals surface area (Å²) in [6.45, 7) is 0.680. The number of hydrogen-bond acceptors (Lipinski definition) is 3. The van der Waals surface area contributed by atoms with Gasteiger partial charge in [0.05, 0.1) is 7.11 Å². The summed E-state index contributed by atoms with van der Waals surface area (Å²) in [5.41, 5.74) is 1.12. The minimum Gasteiger partial charge on any atom is -0.466 e. The number of carbonyl (C=O) groups excluding carboxylic acids is 1. The van der Waals surface area contributed by atoms with Gasteiger partial charge >= 0.3 is 5.97 Å². The molecule has 0 heterocycles. The van der Waals surface area contributed by atoms with E-state index in [0.717, 1.165) is 5.69 Å². The zero-order valence-electron chi connectivity index (χ0n) is 9.01. The summed E-state index contributed by atoms with van der Waals surface area (Å²) in [6.07, 6.45) is 3.21. The summed E-state index contributed by atoms with van der Waals surface area (Å²) >= 11 is 0. The van der Waals surface area contributed by atoms with Crippen LogP contribution in [0.2, 0.25) is 0 Å². The highest BCUT2D eigenvalue weighted by molar-refractivity contribution is 5.81. The molecular formula is C12H15NO2. The molecule has 1 rings (SSSR count). The Hall–Kier alpha value is -1.77. The van der Waals surface area contributed by atoms with Crippen LogP contribution in [0.4, 0.5) is 5.69 Å². The van der Waals surface area contributed by atoms with Crippen molar-refractivity contribution in [2.45, 2.75) is 0 Å². The van der Waals surface area contributed by atoms with E-state index in [0.29, 0.717) is 6.54 Å². The summed E-state index contributed by atoms with van der Waals surface area (Å²) in [7, 11) is 3.34. The SMILES string of the molecule is COC(=O)C=CCN(C)c1ccccc1. The summed E-state index contributed by atoms with van der Waals surface area (Å²) in [5.74, 6) is -0.323. The highest BCUT2D eigenvalue weighted by Crippen LogP contribution is 2.10. The van der Waals surface area contributed by atoms with Gasteiger partial charge in [-0.05, 0) is 12.1 Å². The molecular weight excluding hydrogens is 190 g/mol. The Kier molecular flexibility index (Phi) is 4.41. The number of benzene rings is 1. The van der Waals surface area contributed by atoms with Crippen molar-refractivity contribution in [2.75, 3.05) is 25.6 Å². The van der Waals surface area contributed by atoms with Crippen LogP contribution in [0.3, 0.4) is 0 Å². The van der Waals surface area contributed by atoms with Gasteiger partial charge in [-0.15, -0.1) is 0 Å². The summed E-state index contributed by atoms with van der Waals surface area (Å²) in [6, 6.07) is 9.98. The van der Waals surface area contributed by atoms with E-state index in [1.165, 1.54) is 13.2 Å². The summed E-state index contributed by atoms with van der Waals surface area (Å²) < 4.78 is 4.49. The minimum atomic E-state index is -0.323. The zero-order valence-corrected chi connectivity index (χ0v) is 9.01. The third-order valence-corrected chi connectivity index (χ3v) is 2.03. The fraction of sp³-hybridized carbons (Fsp3) is 0.250. The number of nitrogens with zero attached hydrogens (tertiary/aromatic N) is 1. The van der Waals surface area contributed by atoms with Gasteiger partial charge in [0.1, 0.15) is 0 Å². The van der Waals surface area contributed by atoms with Crippen LogP contribution in [0, 0.1) is 0 Å². The Morgan fingerprint density at radius 2 is 2.07 bits per heavy atom. The van der Waals surface area contributed by atoms with Crippen molar-refractivity contribution < 1.29 is 9.53 Å². The van der Waals surface area contributed by atoms with Gasteiger partial charge < -0.3 is 9.64 Å². The lowest BCUT2D eigenvalue weighted by molar-refractivity contribution is -0.134. The Balaban J connectivity index is 2.47. The predicted molar refractivity (Wildman–Crippen MR) is 60.9 cm³/mol. The fourth-order valence-corrected chi connectivity index (χ4v) is 1.16. The second kappa shape index (κ2) is 5.86.